The quantitative estimate of drug-likeness (QED) is 0.0714. The average molecular weight is 702 g/mol. The number of hydrogen-bond acceptors (Lipinski definition) is 8. The van der Waals surface area contributed by atoms with Crippen LogP contribution in [0.3, 0.4) is 0 Å². The van der Waals surface area contributed by atoms with Gasteiger partial charge in [0.05, 0.1) is 5.69 Å². The highest BCUT2D eigenvalue weighted by molar-refractivity contribution is 6.11. The van der Waals surface area contributed by atoms with Gasteiger partial charge in [0.25, 0.3) is 5.91 Å². The zero-order chi connectivity index (χ0) is 37.4. The minimum absolute atomic E-state index is 0.0165. The fraction of sp³-hybridized carbons (Fsp3) is 0.314. The van der Waals surface area contributed by atoms with Crippen LogP contribution in [0.5, 0.6) is 0 Å². The maximum absolute atomic E-state index is 14.9. The second-order valence-corrected chi connectivity index (χ2v) is 13.0. The predicted molar refractivity (Wildman–Crippen MR) is 180 cm³/mol. The van der Waals surface area contributed by atoms with Crippen LogP contribution in [0.15, 0.2) is 78.5 Å². The Bertz CT molecular complexity index is 1750. The Balaban J connectivity index is 1.81. The van der Waals surface area contributed by atoms with Crippen LogP contribution in [0.1, 0.15) is 64.3 Å². The van der Waals surface area contributed by atoms with Crippen LogP contribution in [0.4, 0.5) is 44.2 Å². The lowest BCUT2D eigenvalue weighted by Crippen LogP contribution is -2.32. The summed E-state index contributed by atoms with van der Waals surface area (Å²) in [5, 5.41) is 28.3. The molecule has 0 aromatic heterocycles. The molecule has 3 amide bonds. The molecular weight excluding hydrogens is 662 g/mol. The summed E-state index contributed by atoms with van der Waals surface area (Å²) in [5.74, 6) is -2.17. The molecule has 3 rings (SSSR count). The van der Waals surface area contributed by atoms with Gasteiger partial charge < -0.3 is 30.5 Å². The summed E-state index contributed by atoms with van der Waals surface area (Å²) >= 11 is 0. The Morgan fingerprint density at radius 1 is 0.800 bits per heavy atom. The molecule has 0 spiro atoms. The van der Waals surface area contributed by atoms with E-state index in [0.29, 0.717) is 16.8 Å². The molecule has 6 N–H and O–H groups in total. The van der Waals surface area contributed by atoms with E-state index in [2.05, 4.69) is 21.3 Å². The topological polar surface area (TPSA) is 162 Å². The van der Waals surface area contributed by atoms with Crippen molar-refractivity contribution in [3.8, 4) is 0 Å². The number of allylic oxidation sites excluding steroid dienone is 1. The first-order valence-electron chi connectivity index (χ1n) is 15.2. The highest BCUT2D eigenvalue weighted by Crippen LogP contribution is 2.28. The predicted octanol–water partition coefficient (Wildman–Crippen LogP) is 7.80. The Morgan fingerprint density at radius 3 is 2.00 bits per heavy atom. The van der Waals surface area contributed by atoms with Crippen LogP contribution in [0.2, 0.25) is 0 Å². The van der Waals surface area contributed by atoms with E-state index in [4.69, 9.17) is 14.9 Å². The number of benzene rings is 3. The molecule has 15 heteroatoms. The number of alkyl carbamates (subject to hydrolysis) is 1. The van der Waals surface area contributed by atoms with Crippen molar-refractivity contribution in [2.45, 2.75) is 71.6 Å². The first-order valence-corrected chi connectivity index (χ1v) is 15.2. The monoisotopic (exact) mass is 701 g/mol. The van der Waals surface area contributed by atoms with E-state index in [-0.39, 0.29) is 23.9 Å². The van der Waals surface area contributed by atoms with Gasteiger partial charge in [-0.2, -0.15) is 13.2 Å². The molecular formula is C35H39F4N5O6. The van der Waals surface area contributed by atoms with E-state index in [9.17, 15) is 37.1 Å². The van der Waals surface area contributed by atoms with Crippen molar-refractivity contribution in [1.82, 2.24) is 5.32 Å². The number of ether oxygens (including phenoxy) is 2. The van der Waals surface area contributed by atoms with Gasteiger partial charge in [0.15, 0.2) is 0 Å². The number of nitrogens with one attached hydrogen (secondary N) is 5. The number of rotatable bonds is 10. The fourth-order valence-corrected chi connectivity index (χ4v) is 4.15. The molecule has 0 aliphatic heterocycles. The Morgan fingerprint density at radius 2 is 1.40 bits per heavy atom. The molecule has 0 saturated carbocycles. The summed E-state index contributed by atoms with van der Waals surface area (Å²) in [5.41, 5.74) is -3.06. The van der Waals surface area contributed by atoms with Gasteiger partial charge in [-0.1, -0.05) is 30.3 Å². The summed E-state index contributed by atoms with van der Waals surface area (Å²) in [7, 11) is 0. The number of aliphatic hydroxyl groups is 1. The van der Waals surface area contributed by atoms with E-state index in [1.54, 1.807) is 47.6 Å². The van der Waals surface area contributed by atoms with Crippen molar-refractivity contribution in [2.24, 2.45) is 0 Å². The third-order valence-electron chi connectivity index (χ3n) is 6.31. The molecule has 0 saturated heterocycles. The van der Waals surface area contributed by atoms with E-state index in [1.807, 2.05) is 0 Å². The minimum Gasteiger partial charge on any atom is -0.444 e. The van der Waals surface area contributed by atoms with Gasteiger partial charge in [0.1, 0.15) is 34.5 Å². The number of hydrogen-bond donors (Lipinski definition) is 6. The van der Waals surface area contributed by atoms with Crippen molar-refractivity contribution >= 4 is 40.9 Å². The molecule has 11 nitrogen and oxygen atoms in total. The van der Waals surface area contributed by atoms with Gasteiger partial charge >= 0.3 is 18.4 Å². The summed E-state index contributed by atoms with van der Waals surface area (Å²) in [6, 6.07) is 15.4. The summed E-state index contributed by atoms with van der Waals surface area (Å²) in [6.45, 7) is 10.2. The van der Waals surface area contributed by atoms with E-state index in [1.165, 1.54) is 48.5 Å². The smallest absolute Gasteiger partial charge is 0.432 e. The molecule has 50 heavy (non-hydrogen) atoms. The number of carbonyl (C=O) groups is 3. The number of aliphatic hydroxyl groups excluding tert-OH is 1. The van der Waals surface area contributed by atoms with Crippen molar-refractivity contribution in [3.05, 3.63) is 101 Å². The molecule has 0 aliphatic carbocycles. The maximum atomic E-state index is 14.9. The highest BCUT2D eigenvalue weighted by Gasteiger charge is 2.34. The van der Waals surface area contributed by atoms with Gasteiger partial charge in [0.2, 0.25) is 0 Å². The standard InChI is InChI=1S/C35H39F4N5O6/c1-33(2,3)49-31(47)41-19-20-8-7-9-24(16-20)42-27(18-28(40)35(37,38)39)30(46)44-26-17-22(12-15-25(26)36)29(45)21-10-13-23(14-11-21)43-32(48)50-34(4,5)6/h7-18,29,40,42,45H,19H2,1-6H3,(H,41,47)(H,43,48)(H,44,46)/b27-18-,40-28?. The van der Waals surface area contributed by atoms with Crippen LogP contribution in [-0.2, 0) is 20.8 Å². The number of halogens is 4. The van der Waals surface area contributed by atoms with Gasteiger partial charge in [0, 0.05) is 17.9 Å². The molecule has 0 aliphatic rings. The molecule has 0 heterocycles. The van der Waals surface area contributed by atoms with Crippen LogP contribution >= 0.6 is 0 Å². The normalized spacial score (nSPS) is 12.7. The van der Waals surface area contributed by atoms with Gasteiger partial charge in [-0.05, 0) is 101 Å². The second-order valence-electron chi connectivity index (χ2n) is 13.0. The van der Waals surface area contributed by atoms with E-state index >= 15 is 0 Å². The van der Waals surface area contributed by atoms with Crippen LogP contribution in [0, 0.1) is 11.2 Å². The van der Waals surface area contributed by atoms with Crippen molar-refractivity contribution < 1.29 is 46.5 Å². The zero-order valence-corrected chi connectivity index (χ0v) is 28.2. The van der Waals surface area contributed by atoms with Crippen molar-refractivity contribution in [2.75, 3.05) is 16.0 Å². The van der Waals surface area contributed by atoms with Gasteiger partial charge in [-0.25, -0.2) is 14.0 Å². The molecule has 3 aromatic rings. The Hall–Kier alpha value is -5.44. The fourth-order valence-electron chi connectivity index (χ4n) is 4.15. The highest BCUT2D eigenvalue weighted by atomic mass is 19.4. The zero-order valence-electron chi connectivity index (χ0n) is 28.2. The van der Waals surface area contributed by atoms with Crippen LogP contribution < -0.4 is 21.3 Å². The summed E-state index contributed by atoms with van der Waals surface area (Å²) < 4.78 is 65.2. The average Bonchev–Trinajstić information content (AvgIpc) is 2.98. The lowest BCUT2D eigenvalue weighted by atomic mass is 10.0. The SMILES string of the molecule is CC(C)(C)OC(=O)NCc1cccc(N/C(=C\C(=N)C(F)(F)F)C(=O)Nc2cc(C(O)c3ccc(NC(=O)OC(C)(C)C)cc3)ccc2F)c1. The second kappa shape index (κ2) is 15.8. The Kier molecular flexibility index (Phi) is 12.4. The molecule has 0 bridgehead atoms. The lowest BCUT2D eigenvalue weighted by molar-refractivity contribution is -0.112. The molecule has 0 radical (unpaired) electrons. The Labute approximate surface area is 286 Å². The first kappa shape index (κ1) is 39.0. The van der Waals surface area contributed by atoms with Crippen LogP contribution in [-0.4, -0.2) is 46.3 Å². The molecule has 1 atom stereocenters. The van der Waals surface area contributed by atoms with Crippen molar-refractivity contribution in [3.63, 3.8) is 0 Å². The third-order valence-corrected chi connectivity index (χ3v) is 6.31. The van der Waals surface area contributed by atoms with Gasteiger partial charge in [-0.15, -0.1) is 0 Å². The van der Waals surface area contributed by atoms with Gasteiger partial charge in [-0.3, -0.25) is 15.5 Å². The summed E-state index contributed by atoms with van der Waals surface area (Å²) in [6.07, 6.45) is -7.55. The largest absolute Gasteiger partial charge is 0.444 e. The van der Waals surface area contributed by atoms with E-state index in [0.717, 1.165) is 12.1 Å². The number of carbonyl (C=O) groups excluding carboxylic acids is 3. The number of alkyl halides is 3. The van der Waals surface area contributed by atoms with E-state index < -0.39 is 64.5 Å². The molecule has 268 valence electrons. The third kappa shape index (κ3) is 12.5. The maximum Gasteiger partial charge on any atom is 0.432 e. The summed E-state index contributed by atoms with van der Waals surface area (Å²) in [4.78, 5) is 37.3. The lowest BCUT2D eigenvalue weighted by Gasteiger charge is -2.20. The molecule has 1 unspecified atom stereocenters. The van der Waals surface area contributed by atoms with Crippen molar-refractivity contribution in [1.29, 1.82) is 5.41 Å². The first-order chi connectivity index (χ1) is 23.1. The van der Waals surface area contributed by atoms with Crippen LogP contribution in [0.25, 0.3) is 0 Å². The minimum atomic E-state index is -5.10. The number of anilines is 3. The molecule has 3 aromatic carbocycles. The number of amides is 3. The molecule has 0 fully saturated rings.